The van der Waals surface area contributed by atoms with Crippen molar-refractivity contribution in [3.8, 4) is 11.5 Å². The first-order valence-electron chi connectivity index (χ1n) is 4.61. The fourth-order valence-corrected chi connectivity index (χ4v) is 1.42. The fourth-order valence-electron chi connectivity index (χ4n) is 1.42. The van der Waals surface area contributed by atoms with Crippen molar-refractivity contribution in [1.29, 1.82) is 0 Å². The van der Waals surface area contributed by atoms with Crippen LogP contribution in [0.5, 0.6) is 11.5 Å². The van der Waals surface area contributed by atoms with Crippen LogP contribution in [0.1, 0.15) is 5.56 Å². The molecule has 1 heterocycles. The van der Waals surface area contributed by atoms with E-state index in [0.29, 0.717) is 11.5 Å². The van der Waals surface area contributed by atoms with Gasteiger partial charge in [0.15, 0.2) is 0 Å². The van der Waals surface area contributed by atoms with E-state index in [1.807, 2.05) is 0 Å². The lowest BCUT2D eigenvalue weighted by Crippen LogP contribution is -2.12. The molecule has 0 aliphatic carbocycles. The van der Waals surface area contributed by atoms with Crippen molar-refractivity contribution >= 4 is 12.2 Å². The van der Waals surface area contributed by atoms with E-state index < -0.39 is 6.16 Å². The average Bonchev–Trinajstić information content (AvgIpc) is 2.27. The second kappa shape index (κ2) is 4.14. The van der Waals surface area contributed by atoms with Gasteiger partial charge in [-0.1, -0.05) is 0 Å². The van der Waals surface area contributed by atoms with Crippen molar-refractivity contribution in [2.45, 2.75) is 0 Å². The Bertz CT molecular complexity index is 450. The minimum atomic E-state index is -1.34. The monoisotopic (exact) mass is 222 g/mol. The topological polar surface area (TPSA) is 65.0 Å². The molecule has 1 aromatic rings. The van der Waals surface area contributed by atoms with Crippen LogP contribution >= 0.6 is 0 Å². The van der Waals surface area contributed by atoms with Crippen molar-refractivity contribution < 1.29 is 24.1 Å². The van der Waals surface area contributed by atoms with Gasteiger partial charge >= 0.3 is 6.16 Å². The van der Waals surface area contributed by atoms with Gasteiger partial charge in [-0.25, -0.2) is 4.79 Å². The molecule has 0 saturated carbocycles. The van der Waals surface area contributed by atoms with Crippen molar-refractivity contribution in [1.82, 2.24) is 0 Å². The first kappa shape index (κ1) is 10.4. The van der Waals surface area contributed by atoms with Crippen molar-refractivity contribution in [2.75, 3.05) is 13.7 Å². The van der Waals surface area contributed by atoms with Gasteiger partial charge in [-0.2, -0.15) is 0 Å². The number of benzene rings is 1. The lowest BCUT2D eigenvalue weighted by molar-refractivity contribution is 0.109. The molecule has 1 aliphatic heterocycles. The van der Waals surface area contributed by atoms with Crippen LogP contribution in [0.4, 0.5) is 4.79 Å². The van der Waals surface area contributed by atoms with Crippen LogP contribution in [0, 0.1) is 0 Å². The highest BCUT2D eigenvalue weighted by atomic mass is 16.7. The third-order valence-electron chi connectivity index (χ3n) is 2.13. The lowest BCUT2D eigenvalue weighted by atomic mass is 10.1. The maximum absolute atomic E-state index is 10.3. The van der Waals surface area contributed by atoms with E-state index in [4.69, 9.17) is 14.6 Å². The molecule has 0 saturated heterocycles. The lowest BCUT2D eigenvalue weighted by Gasteiger charge is -2.17. The molecule has 1 aromatic carbocycles. The van der Waals surface area contributed by atoms with E-state index in [1.54, 1.807) is 31.4 Å². The number of fused-ring (bicyclic) bond motifs is 1. The van der Waals surface area contributed by atoms with Gasteiger partial charge in [-0.3, -0.25) is 0 Å². The predicted octanol–water partition coefficient (Wildman–Crippen LogP) is 2.12. The summed E-state index contributed by atoms with van der Waals surface area (Å²) >= 11 is 0. The molecular formula is C11H10O5. The van der Waals surface area contributed by atoms with Gasteiger partial charge in [0, 0.05) is 11.6 Å². The molecule has 0 bridgehead atoms. The Balaban J connectivity index is 2.27. The van der Waals surface area contributed by atoms with Gasteiger partial charge in [-0.15, -0.1) is 0 Å². The van der Waals surface area contributed by atoms with Crippen LogP contribution in [0.15, 0.2) is 24.0 Å². The van der Waals surface area contributed by atoms with Gasteiger partial charge in [0.25, 0.3) is 0 Å². The van der Waals surface area contributed by atoms with E-state index in [9.17, 15) is 4.79 Å². The largest absolute Gasteiger partial charge is 0.511 e. The Labute approximate surface area is 91.9 Å². The molecule has 84 valence electrons. The second-order valence-electron chi connectivity index (χ2n) is 3.17. The molecule has 1 aliphatic rings. The zero-order chi connectivity index (χ0) is 11.5. The number of hydrogen-bond acceptors (Lipinski definition) is 4. The Kier molecular flexibility index (Phi) is 2.68. The van der Waals surface area contributed by atoms with Gasteiger partial charge in [0.2, 0.25) is 0 Å². The molecule has 2 rings (SSSR count). The summed E-state index contributed by atoms with van der Waals surface area (Å²) in [5.74, 6) is 1.61. The Morgan fingerprint density at radius 3 is 3.00 bits per heavy atom. The van der Waals surface area contributed by atoms with Gasteiger partial charge < -0.3 is 19.3 Å². The van der Waals surface area contributed by atoms with Crippen LogP contribution in [0.2, 0.25) is 0 Å². The highest BCUT2D eigenvalue weighted by molar-refractivity contribution is 5.66. The summed E-state index contributed by atoms with van der Waals surface area (Å²) in [5, 5.41) is 8.46. The summed E-state index contributed by atoms with van der Waals surface area (Å²) in [4.78, 5) is 10.3. The number of rotatable bonds is 2. The normalized spacial score (nSPS) is 13.2. The zero-order valence-electron chi connectivity index (χ0n) is 8.60. The summed E-state index contributed by atoms with van der Waals surface area (Å²) in [5.41, 5.74) is 0.767. The molecule has 0 fully saturated rings. The van der Waals surface area contributed by atoms with E-state index in [0.717, 1.165) is 5.56 Å². The molecule has 5 nitrogen and oxygen atoms in total. The first-order valence-corrected chi connectivity index (χ1v) is 4.61. The fraction of sp³-hybridized carbons (Fsp3) is 0.182. The zero-order valence-corrected chi connectivity index (χ0v) is 8.60. The molecule has 0 aromatic heterocycles. The average molecular weight is 222 g/mol. The second-order valence-corrected chi connectivity index (χ2v) is 3.17. The minimum absolute atomic E-state index is 0.104. The maximum atomic E-state index is 10.3. The summed E-state index contributed by atoms with van der Waals surface area (Å²) < 4.78 is 14.9. The summed E-state index contributed by atoms with van der Waals surface area (Å²) in [6, 6.07) is 5.28. The number of ether oxygens (including phenoxy) is 3. The Hall–Kier alpha value is -2.17. The number of carbonyl (C=O) groups is 1. The Morgan fingerprint density at radius 1 is 1.50 bits per heavy atom. The molecule has 0 amide bonds. The van der Waals surface area contributed by atoms with Crippen molar-refractivity contribution in [2.24, 2.45) is 0 Å². The summed E-state index contributed by atoms with van der Waals surface area (Å²) in [6.45, 7) is 0.104. The van der Waals surface area contributed by atoms with Gasteiger partial charge in [0.1, 0.15) is 23.9 Å². The van der Waals surface area contributed by atoms with Crippen LogP contribution < -0.4 is 9.47 Å². The van der Waals surface area contributed by atoms with E-state index >= 15 is 0 Å². The molecule has 1 N–H and O–H groups in total. The first-order chi connectivity index (χ1) is 7.69. The molecular weight excluding hydrogens is 212 g/mol. The highest BCUT2D eigenvalue weighted by Gasteiger charge is 2.15. The van der Waals surface area contributed by atoms with Crippen molar-refractivity contribution in [3.05, 3.63) is 29.5 Å². The van der Waals surface area contributed by atoms with Crippen LogP contribution in [0.3, 0.4) is 0 Å². The third kappa shape index (κ3) is 2.08. The van der Waals surface area contributed by atoms with E-state index in [2.05, 4.69) is 4.74 Å². The van der Waals surface area contributed by atoms with E-state index in [1.165, 1.54) is 0 Å². The maximum Gasteiger partial charge on any atom is 0.511 e. The predicted molar refractivity (Wildman–Crippen MR) is 55.6 cm³/mol. The van der Waals surface area contributed by atoms with Crippen LogP contribution in [-0.2, 0) is 4.74 Å². The van der Waals surface area contributed by atoms with Gasteiger partial charge in [-0.05, 0) is 18.2 Å². The highest BCUT2D eigenvalue weighted by Crippen LogP contribution is 2.30. The smallest absolute Gasteiger partial charge is 0.497 e. The molecule has 5 heteroatoms. The van der Waals surface area contributed by atoms with Crippen molar-refractivity contribution in [3.63, 3.8) is 0 Å². The minimum Gasteiger partial charge on any atom is -0.497 e. The van der Waals surface area contributed by atoms with Crippen LogP contribution in [-0.4, -0.2) is 25.0 Å². The molecule has 0 spiro atoms. The quantitative estimate of drug-likeness (QED) is 0.776. The number of hydrogen-bond donors (Lipinski definition) is 1. The van der Waals surface area contributed by atoms with Gasteiger partial charge in [0.05, 0.1) is 7.11 Å². The van der Waals surface area contributed by atoms with E-state index in [-0.39, 0.29) is 12.4 Å². The molecule has 0 atom stereocenters. The van der Waals surface area contributed by atoms with Crippen LogP contribution in [0.25, 0.3) is 6.08 Å². The number of carboxylic acid groups (broad SMARTS) is 1. The molecule has 0 radical (unpaired) electrons. The Morgan fingerprint density at radius 2 is 2.31 bits per heavy atom. The molecule has 0 unspecified atom stereocenters. The SMILES string of the molecule is COc1ccc2c(c1)OCC(OC(=O)O)=C2. The summed E-state index contributed by atoms with van der Waals surface area (Å²) in [6.07, 6.45) is 0.290. The third-order valence-corrected chi connectivity index (χ3v) is 2.13. The molecule has 16 heavy (non-hydrogen) atoms. The number of methoxy groups -OCH3 is 1. The standard InChI is InChI=1S/C11H10O5/c1-14-8-3-2-7-4-9(16-11(12)13)6-15-10(7)5-8/h2-5H,6H2,1H3,(H,12,13). The summed E-state index contributed by atoms with van der Waals surface area (Å²) in [7, 11) is 1.57.